The Balaban J connectivity index is 1.96. The van der Waals surface area contributed by atoms with Gasteiger partial charge in [0.2, 0.25) is 5.75 Å². The number of methoxy groups -OCH3 is 2. The summed E-state index contributed by atoms with van der Waals surface area (Å²) in [5, 5.41) is 0. The second-order valence-corrected chi connectivity index (χ2v) is 7.20. The number of carbonyl (C=O) groups excluding carboxylic acids is 2. The zero-order valence-corrected chi connectivity index (χ0v) is 16.1. The molecular formula is C21H28O6. The van der Waals surface area contributed by atoms with E-state index in [1.54, 1.807) is 19.2 Å². The molecule has 2 fully saturated rings. The van der Waals surface area contributed by atoms with E-state index in [0.717, 1.165) is 51.4 Å². The Morgan fingerprint density at radius 3 is 1.96 bits per heavy atom. The lowest BCUT2D eigenvalue weighted by atomic mass is 10.1. The maximum atomic E-state index is 12.7. The molecule has 1 aromatic carbocycles. The van der Waals surface area contributed by atoms with Gasteiger partial charge < -0.3 is 18.9 Å². The Hall–Kier alpha value is -2.24. The van der Waals surface area contributed by atoms with Crippen LogP contribution in [-0.4, -0.2) is 38.2 Å². The van der Waals surface area contributed by atoms with Crippen LogP contribution in [0.3, 0.4) is 0 Å². The monoisotopic (exact) mass is 376 g/mol. The molecule has 0 radical (unpaired) electrons. The van der Waals surface area contributed by atoms with Crippen LogP contribution in [0.1, 0.15) is 68.1 Å². The van der Waals surface area contributed by atoms with Crippen LogP contribution in [0.4, 0.5) is 0 Å². The van der Waals surface area contributed by atoms with Gasteiger partial charge in [-0.05, 0) is 63.5 Å². The van der Waals surface area contributed by atoms with Crippen molar-refractivity contribution in [3.63, 3.8) is 0 Å². The van der Waals surface area contributed by atoms with Crippen LogP contribution in [-0.2, 0) is 9.53 Å². The largest absolute Gasteiger partial charge is 0.493 e. The average molecular weight is 376 g/mol. The van der Waals surface area contributed by atoms with E-state index in [9.17, 15) is 9.59 Å². The maximum Gasteiger partial charge on any atom is 0.313 e. The maximum absolute atomic E-state index is 12.7. The van der Waals surface area contributed by atoms with Gasteiger partial charge in [-0.15, -0.1) is 0 Å². The smallest absolute Gasteiger partial charge is 0.313 e. The van der Waals surface area contributed by atoms with Gasteiger partial charge in [-0.25, -0.2) is 0 Å². The lowest BCUT2D eigenvalue weighted by Crippen LogP contribution is -2.19. The third-order valence-corrected chi connectivity index (χ3v) is 5.30. The van der Waals surface area contributed by atoms with E-state index in [4.69, 9.17) is 14.2 Å². The first-order chi connectivity index (χ1) is 13.1. The number of hydrogen-bond acceptors (Lipinski definition) is 6. The van der Waals surface area contributed by atoms with Crippen molar-refractivity contribution in [2.24, 2.45) is 0 Å². The Morgan fingerprint density at radius 2 is 1.44 bits per heavy atom. The molecule has 148 valence electrons. The minimum atomic E-state index is -0.569. The van der Waals surface area contributed by atoms with Gasteiger partial charge in [-0.2, -0.15) is 0 Å². The summed E-state index contributed by atoms with van der Waals surface area (Å²) in [6.45, 7) is 0. The molecule has 0 bridgehead atoms. The summed E-state index contributed by atoms with van der Waals surface area (Å²) in [7, 11) is 2.85. The zero-order chi connectivity index (χ0) is 19.2. The normalized spacial score (nSPS) is 17.7. The van der Waals surface area contributed by atoms with E-state index in [1.165, 1.54) is 7.11 Å². The van der Waals surface area contributed by atoms with E-state index in [-0.39, 0.29) is 24.4 Å². The molecule has 0 atom stereocenters. The topological polar surface area (TPSA) is 71.1 Å². The van der Waals surface area contributed by atoms with Gasteiger partial charge in [-0.3, -0.25) is 9.59 Å². The van der Waals surface area contributed by atoms with Crippen LogP contribution in [0.5, 0.6) is 17.2 Å². The van der Waals surface area contributed by atoms with Gasteiger partial charge in [0.05, 0.1) is 32.0 Å². The van der Waals surface area contributed by atoms with E-state index in [1.807, 2.05) is 0 Å². The summed E-state index contributed by atoms with van der Waals surface area (Å²) in [5.74, 6) is 0.522. The van der Waals surface area contributed by atoms with E-state index in [2.05, 4.69) is 4.74 Å². The minimum absolute atomic E-state index is 0.0488. The molecule has 2 aliphatic rings. The summed E-state index contributed by atoms with van der Waals surface area (Å²) in [6.07, 6.45) is 8.15. The van der Waals surface area contributed by atoms with Gasteiger partial charge >= 0.3 is 5.97 Å². The molecule has 2 saturated carbocycles. The first kappa shape index (κ1) is 19.5. The number of carbonyl (C=O) groups is 2. The van der Waals surface area contributed by atoms with Crippen LogP contribution >= 0.6 is 0 Å². The van der Waals surface area contributed by atoms with Gasteiger partial charge in [0.15, 0.2) is 17.3 Å². The van der Waals surface area contributed by atoms with Gasteiger partial charge in [0.25, 0.3) is 0 Å². The summed E-state index contributed by atoms with van der Waals surface area (Å²) >= 11 is 0. The predicted molar refractivity (Wildman–Crippen MR) is 99.7 cm³/mol. The molecule has 0 unspecified atom stereocenters. The predicted octanol–water partition coefficient (Wildman–Crippen LogP) is 4.08. The number of benzene rings is 1. The molecule has 0 heterocycles. The van der Waals surface area contributed by atoms with Crippen LogP contribution in [0, 0.1) is 0 Å². The number of rotatable bonds is 8. The number of ketones is 1. The Kier molecular flexibility index (Phi) is 6.58. The molecule has 0 amide bonds. The fraction of sp³-hybridized carbons (Fsp3) is 0.619. The summed E-state index contributed by atoms with van der Waals surface area (Å²) in [5.41, 5.74) is 0.348. The summed E-state index contributed by atoms with van der Waals surface area (Å²) < 4.78 is 22.6. The fourth-order valence-electron chi connectivity index (χ4n) is 3.80. The number of esters is 1. The van der Waals surface area contributed by atoms with Crippen LogP contribution in [0.15, 0.2) is 12.1 Å². The molecule has 3 rings (SSSR count). The van der Waals surface area contributed by atoms with Gasteiger partial charge in [0, 0.05) is 0 Å². The van der Waals surface area contributed by atoms with Crippen molar-refractivity contribution in [1.82, 2.24) is 0 Å². The van der Waals surface area contributed by atoms with Crippen molar-refractivity contribution in [1.29, 1.82) is 0 Å². The highest BCUT2D eigenvalue weighted by Gasteiger charge is 2.29. The number of Topliss-reactive ketones (excluding diaryl/α,β-unsaturated/α-hetero) is 1. The fourth-order valence-corrected chi connectivity index (χ4v) is 3.80. The van der Waals surface area contributed by atoms with E-state index >= 15 is 0 Å². The summed E-state index contributed by atoms with van der Waals surface area (Å²) in [6, 6.07) is 3.35. The Labute approximate surface area is 160 Å². The molecule has 2 aliphatic carbocycles. The highest BCUT2D eigenvalue weighted by molar-refractivity contribution is 6.08. The Bertz CT molecular complexity index is 671. The molecule has 1 aromatic rings. The molecular weight excluding hydrogens is 348 g/mol. The average Bonchev–Trinajstić information content (AvgIpc) is 3.36. The van der Waals surface area contributed by atoms with Crippen LogP contribution < -0.4 is 14.2 Å². The van der Waals surface area contributed by atoms with E-state index < -0.39 is 5.97 Å². The number of ether oxygens (including phenoxy) is 4. The lowest BCUT2D eigenvalue weighted by Gasteiger charge is -2.23. The zero-order valence-electron chi connectivity index (χ0n) is 16.1. The SMILES string of the molecule is COC(=O)CC(=O)c1ccc(OC)c(OC2CCCC2)c1OC1CCCC1. The third-order valence-electron chi connectivity index (χ3n) is 5.30. The molecule has 27 heavy (non-hydrogen) atoms. The van der Waals surface area contributed by atoms with Crippen molar-refractivity contribution in [2.75, 3.05) is 14.2 Å². The van der Waals surface area contributed by atoms with E-state index in [0.29, 0.717) is 22.8 Å². The molecule has 0 aliphatic heterocycles. The highest BCUT2D eigenvalue weighted by atomic mass is 16.5. The number of hydrogen-bond donors (Lipinski definition) is 0. The van der Waals surface area contributed by atoms with Gasteiger partial charge in [-0.1, -0.05) is 0 Å². The first-order valence-electron chi connectivity index (χ1n) is 9.76. The van der Waals surface area contributed by atoms with Crippen LogP contribution in [0.2, 0.25) is 0 Å². The second-order valence-electron chi connectivity index (χ2n) is 7.20. The molecule has 0 aromatic heterocycles. The molecule has 0 N–H and O–H groups in total. The Morgan fingerprint density at radius 1 is 0.889 bits per heavy atom. The van der Waals surface area contributed by atoms with Crippen molar-refractivity contribution >= 4 is 11.8 Å². The van der Waals surface area contributed by atoms with Crippen molar-refractivity contribution in [3.05, 3.63) is 17.7 Å². The van der Waals surface area contributed by atoms with Crippen molar-refractivity contribution < 1.29 is 28.5 Å². The molecule has 6 nitrogen and oxygen atoms in total. The standard InChI is InChI=1S/C21H28O6/c1-24-18-12-11-16(17(22)13-19(23)25-2)20(26-14-7-3-4-8-14)21(18)27-15-9-5-6-10-15/h11-12,14-15H,3-10,13H2,1-2H3. The van der Waals surface area contributed by atoms with Crippen molar-refractivity contribution in [3.8, 4) is 17.2 Å². The van der Waals surface area contributed by atoms with Gasteiger partial charge in [0.1, 0.15) is 6.42 Å². The van der Waals surface area contributed by atoms with Crippen molar-refractivity contribution in [2.45, 2.75) is 70.0 Å². The first-order valence-corrected chi connectivity index (χ1v) is 9.76. The summed E-state index contributed by atoms with van der Waals surface area (Å²) in [4.78, 5) is 24.3. The second kappa shape index (κ2) is 9.11. The molecule has 0 spiro atoms. The molecule has 6 heteroatoms. The molecule has 0 saturated heterocycles. The van der Waals surface area contributed by atoms with Crippen LogP contribution in [0.25, 0.3) is 0 Å². The quantitative estimate of drug-likeness (QED) is 0.387. The lowest BCUT2D eigenvalue weighted by molar-refractivity contribution is -0.139. The highest BCUT2D eigenvalue weighted by Crippen LogP contribution is 2.44. The minimum Gasteiger partial charge on any atom is -0.493 e. The third kappa shape index (κ3) is 4.73.